The van der Waals surface area contributed by atoms with Gasteiger partial charge in [0.05, 0.1) is 5.56 Å². The van der Waals surface area contributed by atoms with Gasteiger partial charge in [-0.15, -0.1) is 0 Å². The summed E-state index contributed by atoms with van der Waals surface area (Å²) in [5.74, 6) is 0. The Hall–Kier alpha value is -1.32. The minimum Gasteiger partial charge on any atom is -0.310 e. The molecule has 0 spiro atoms. The molecule has 0 atom stereocenters. The molecule has 0 aliphatic rings. The van der Waals surface area contributed by atoms with Gasteiger partial charge in [0.25, 0.3) is 0 Å². The molecule has 15 heavy (non-hydrogen) atoms. The molecule has 0 radical (unpaired) electrons. The molecule has 1 nitrogen and oxygen atoms in total. The lowest BCUT2D eigenvalue weighted by Gasteiger charge is -2.10. The highest BCUT2D eigenvalue weighted by Gasteiger charge is 2.30. The Bertz CT molecular complexity index is 380. The molecule has 0 fully saturated rings. The molecule has 0 aliphatic heterocycles. The summed E-state index contributed by atoms with van der Waals surface area (Å²) >= 11 is 0. The molecule has 1 rings (SSSR count). The smallest absolute Gasteiger partial charge is 0.310 e. The van der Waals surface area contributed by atoms with Crippen molar-refractivity contribution in [1.29, 1.82) is 5.41 Å². The van der Waals surface area contributed by atoms with E-state index in [1.54, 1.807) is 19.9 Å². The maximum atomic E-state index is 12.4. The molecule has 0 unspecified atom stereocenters. The van der Waals surface area contributed by atoms with Crippen molar-refractivity contribution in [2.24, 2.45) is 0 Å². The van der Waals surface area contributed by atoms with Gasteiger partial charge in [-0.3, -0.25) is 0 Å². The van der Waals surface area contributed by atoms with Crippen molar-refractivity contribution in [3.8, 4) is 0 Å². The molecule has 0 bridgehead atoms. The highest BCUT2D eigenvalue weighted by atomic mass is 19.4. The number of benzene rings is 1. The number of hydrogen-bond acceptors (Lipinski definition) is 1. The third-order valence-corrected chi connectivity index (χ3v) is 1.93. The zero-order valence-corrected chi connectivity index (χ0v) is 8.57. The van der Waals surface area contributed by atoms with Crippen LogP contribution in [0.3, 0.4) is 0 Å². The zero-order valence-electron chi connectivity index (χ0n) is 8.57. The normalized spacial score (nSPS) is 11.5. The Kier molecular flexibility index (Phi) is 3.17. The van der Waals surface area contributed by atoms with Crippen molar-refractivity contribution < 1.29 is 13.2 Å². The number of halogens is 3. The van der Waals surface area contributed by atoms with E-state index >= 15 is 0 Å². The topological polar surface area (TPSA) is 23.9 Å². The molecular weight excluding hydrogens is 203 g/mol. The molecule has 1 aromatic carbocycles. The van der Waals surface area contributed by atoms with Gasteiger partial charge in [0.2, 0.25) is 0 Å². The molecule has 1 N–H and O–H groups in total. The number of rotatable bonds is 2. The molecule has 0 saturated heterocycles. The predicted molar refractivity (Wildman–Crippen MR) is 53.3 cm³/mol. The van der Waals surface area contributed by atoms with Gasteiger partial charge in [0.1, 0.15) is 0 Å². The van der Waals surface area contributed by atoms with Gasteiger partial charge >= 0.3 is 6.18 Å². The van der Waals surface area contributed by atoms with Gasteiger partial charge in [-0.05, 0) is 31.5 Å². The van der Waals surface area contributed by atoms with Gasteiger partial charge < -0.3 is 5.41 Å². The standard InChI is InChI=1S/C11H12F3N/c1-7-3-9(5-8(2)15)6-10(4-7)11(12,13)14/h3-4,6,15H,5H2,1-2H3. The van der Waals surface area contributed by atoms with E-state index in [0.717, 1.165) is 12.1 Å². The maximum Gasteiger partial charge on any atom is 0.416 e. The van der Waals surface area contributed by atoms with E-state index in [1.807, 2.05) is 0 Å². The number of alkyl halides is 3. The Morgan fingerprint density at radius 3 is 2.33 bits per heavy atom. The monoisotopic (exact) mass is 215 g/mol. The van der Waals surface area contributed by atoms with E-state index in [9.17, 15) is 13.2 Å². The first-order valence-corrected chi connectivity index (χ1v) is 4.51. The lowest BCUT2D eigenvalue weighted by molar-refractivity contribution is -0.137. The Balaban J connectivity index is 3.11. The third kappa shape index (κ3) is 3.38. The predicted octanol–water partition coefficient (Wildman–Crippen LogP) is 3.60. The SMILES string of the molecule is CC(=N)Cc1cc(C)cc(C(F)(F)F)c1. The van der Waals surface area contributed by atoms with Gasteiger partial charge in [-0.1, -0.05) is 11.6 Å². The summed E-state index contributed by atoms with van der Waals surface area (Å²) in [7, 11) is 0. The summed E-state index contributed by atoms with van der Waals surface area (Å²) in [6.07, 6.45) is -4.04. The molecule has 0 saturated carbocycles. The molecule has 0 heterocycles. The van der Waals surface area contributed by atoms with Crippen molar-refractivity contribution in [3.05, 3.63) is 34.9 Å². The van der Waals surface area contributed by atoms with Crippen LogP contribution in [0.25, 0.3) is 0 Å². The van der Waals surface area contributed by atoms with Gasteiger partial charge in [0, 0.05) is 12.1 Å². The molecule has 0 amide bonds. The molecule has 0 aliphatic carbocycles. The Labute approximate surface area is 86.4 Å². The van der Waals surface area contributed by atoms with Crippen molar-refractivity contribution >= 4 is 5.71 Å². The summed E-state index contributed by atoms with van der Waals surface area (Å²) in [5, 5.41) is 7.25. The second-order valence-electron chi connectivity index (χ2n) is 3.66. The van der Waals surface area contributed by atoms with Crippen LogP contribution < -0.4 is 0 Å². The summed E-state index contributed by atoms with van der Waals surface area (Å²) in [6, 6.07) is 3.89. The molecule has 82 valence electrons. The van der Waals surface area contributed by atoms with Crippen molar-refractivity contribution in [2.45, 2.75) is 26.4 Å². The quantitative estimate of drug-likeness (QED) is 0.729. The number of aryl methyl sites for hydroxylation is 1. The van der Waals surface area contributed by atoms with Crippen LogP contribution in [0.4, 0.5) is 13.2 Å². The number of nitrogens with one attached hydrogen (secondary N) is 1. The van der Waals surface area contributed by atoms with Crippen LogP contribution in [0.5, 0.6) is 0 Å². The number of hydrogen-bond donors (Lipinski definition) is 1. The van der Waals surface area contributed by atoms with Crippen LogP contribution in [0.1, 0.15) is 23.6 Å². The summed E-state index contributed by atoms with van der Waals surface area (Å²) in [6.45, 7) is 3.20. The minimum absolute atomic E-state index is 0.269. The Morgan fingerprint density at radius 1 is 1.27 bits per heavy atom. The van der Waals surface area contributed by atoms with Crippen LogP contribution in [-0.2, 0) is 12.6 Å². The first-order valence-electron chi connectivity index (χ1n) is 4.51. The third-order valence-electron chi connectivity index (χ3n) is 1.93. The van der Waals surface area contributed by atoms with Crippen LogP contribution in [0, 0.1) is 12.3 Å². The van der Waals surface area contributed by atoms with E-state index < -0.39 is 11.7 Å². The van der Waals surface area contributed by atoms with Crippen molar-refractivity contribution in [3.63, 3.8) is 0 Å². The second kappa shape index (κ2) is 4.04. The van der Waals surface area contributed by atoms with E-state index in [4.69, 9.17) is 5.41 Å². The lowest BCUT2D eigenvalue weighted by atomic mass is 10.0. The van der Waals surface area contributed by atoms with Crippen LogP contribution in [0.15, 0.2) is 18.2 Å². The van der Waals surface area contributed by atoms with E-state index in [0.29, 0.717) is 16.8 Å². The lowest BCUT2D eigenvalue weighted by Crippen LogP contribution is -2.07. The summed E-state index contributed by atoms with van der Waals surface area (Å²) in [5.41, 5.74) is 0.823. The van der Waals surface area contributed by atoms with Gasteiger partial charge in [-0.2, -0.15) is 13.2 Å². The van der Waals surface area contributed by atoms with E-state index in [1.165, 1.54) is 0 Å². The molecule has 1 aromatic rings. The fraction of sp³-hybridized carbons (Fsp3) is 0.364. The fourth-order valence-electron chi connectivity index (χ4n) is 1.43. The molecular formula is C11H12F3N. The first-order chi connectivity index (χ1) is 6.79. The van der Waals surface area contributed by atoms with Crippen LogP contribution >= 0.6 is 0 Å². The first kappa shape index (κ1) is 11.8. The maximum absolute atomic E-state index is 12.4. The van der Waals surface area contributed by atoms with E-state index in [-0.39, 0.29) is 6.42 Å². The minimum atomic E-state index is -4.31. The second-order valence-corrected chi connectivity index (χ2v) is 3.66. The van der Waals surface area contributed by atoms with E-state index in [2.05, 4.69) is 0 Å². The molecule has 0 aromatic heterocycles. The largest absolute Gasteiger partial charge is 0.416 e. The summed E-state index contributed by atoms with van der Waals surface area (Å²) in [4.78, 5) is 0. The van der Waals surface area contributed by atoms with Crippen LogP contribution in [-0.4, -0.2) is 5.71 Å². The Morgan fingerprint density at radius 2 is 1.87 bits per heavy atom. The van der Waals surface area contributed by atoms with Crippen molar-refractivity contribution in [2.75, 3.05) is 0 Å². The zero-order chi connectivity index (χ0) is 11.6. The molecule has 4 heteroatoms. The summed E-state index contributed by atoms with van der Waals surface area (Å²) < 4.78 is 37.3. The highest BCUT2D eigenvalue weighted by Crippen LogP contribution is 2.30. The van der Waals surface area contributed by atoms with Gasteiger partial charge in [-0.25, -0.2) is 0 Å². The van der Waals surface area contributed by atoms with Crippen molar-refractivity contribution in [1.82, 2.24) is 0 Å². The highest BCUT2D eigenvalue weighted by molar-refractivity contribution is 5.81. The average molecular weight is 215 g/mol. The average Bonchev–Trinajstić information content (AvgIpc) is 1.99. The fourth-order valence-corrected chi connectivity index (χ4v) is 1.43. The van der Waals surface area contributed by atoms with Crippen LogP contribution in [0.2, 0.25) is 0 Å². The van der Waals surface area contributed by atoms with Gasteiger partial charge in [0.15, 0.2) is 0 Å².